The van der Waals surface area contributed by atoms with Crippen LogP contribution in [0, 0.1) is 0 Å². The summed E-state index contributed by atoms with van der Waals surface area (Å²) in [5.74, 6) is 3.29. The van der Waals surface area contributed by atoms with Gasteiger partial charge in [0.25, 0.3) is 0 Å². The van der Waals surface area contributed by atoms with Crippen molar-refractivity contribution in [2.24, 2.45) is 0 Å². The third-order valence-electron chi connectivity index (χ3n) is 22.9. The first-order valence-corrected chi connectivity index (χ1v) is 37.8. The summed E-state index contributed by atoms with van der Waals surface area (Å²) in [5.41, 5.74) is 16.3. The van der Waals surface area contributed by atoms with E-state index in [4.69, 9.17) is 38.7 Å². The van der Waals surface area contributed by atoms with Crippen molar-refractivity contribution in [2.45, 2.75) is 0 Å². The minimum atomic E-state index is 0.526. The second kappa shape index (κ2) is 24.1. The van der Waals surface area contributed by atoms with E-state index in [0.29, 0.717) is 34.9 Å². The Kier molecular flexibility index (Phi) is 13.3. The van der Waals surface area contributed by atoms with E-state index in [9.17, 15) is 0 Å². The van der Waals surface area contributed by atoms with Crippen LogP contribution in [0.5, 0.6) is 0 Å². The molecule has 0 saturated heterocycles. The third kappa shape index (κ3) is 9.52. The Morgan fingerprint density at radius 1 is 0.179 bits per heavy atom. The molecule has 0 saturated carbocycles. The maximum atomic E-state index is 7.22. The fourth-order valence-corrected chi connectivity index (χ4v) is 17.8. The number of furan rings is 2. The van der Waals surface area contributed by atoms with Crippen LogP contribution in [0.3, 0.4) is 0 Å². The lowest BCUT2D eigenvalue weighted by Crippen LogP contribution is -2.04. The predicted octanol–water partition coefficient (Wildman–Crippen LogP) is 26.6. The Balaban J connectivity index is 0.716. The molecule has 0 aliphatic carbocycles. The van der Waals surface area contributed by atoms with Gasteiger partial charge in [-0.15, -0.1) is 0 Å². The second-order valence-corrected chi connectivity index (χ2v) is 29.2. The highest BCUT2D eigenvalue weighted by molar-refractivity contribution is 6.26. The molecule has 0 fully saturated rings. The molecule has 0 amide bonds. The lowest BCUT2D eigenvalue weighted by Gasteiger charge is -2.17. The minimum absolute atomic E-state index is 0.526. The van der Waals surface area contributed by atoms with Gasteiger partial charge < -0.3 is 18.0 Å². The van der Waals surface area contributed by atoms with Gasteiger partial charge in [0.2, 0.25) is 0 Å². The molecule has 24 rings (SSSR count). The Bertz CT molecular complexity index is 8160. The van der Waals surface area contributed by atoms with E-state index in [0.717, 1.165) is 181 Å². The van der Waals surface area contributed by atoms with Gasteiger partial charge >= 0.3 is 0 Å². The number of nitrogens with zero attached hydrogens (tertiary/aromatic N) is 8. The van der Waals surface area contributed by atoms with Gasteiger partial charge in [-0.1, -0.05) is 267 Å². The Morgan fingerprint density at radius 3 is 1.33 bits per heavy atom. The summed E-state index contributed by atoms with van der Waals surface area (Å²) in [7, 11) is 0. The highest BCUT2D eigenvalue weighted by Crippen LogP contribution is 2.49. The summed E-state index contributed by atoms with van der Waals surface area (Å²) in [6.07, 6.45) is 0. The van der Waals surface area contributed by atoms with Crippen molar-refractivity contribution in [3.05, 3.63) is 352 Å². The predicted molar refractivity (Wildman–Crippen MR) is 460 cm³/mol. The topological polar surface area (TPSA) is 113 Å². The van der Waals surface area contributed by atoms with E-state index >= 15 is 0 Å². The van der Waals surface area contributed by atoms with E-state index in [1.165, 1.54) is 26.9 Å². The first-order valence-electron chi connectivity index (χ1n) is 37.8. The van der Waals surface area contributed by atoms with Gasteiger partial charge in [-0.25, -0.2) is 29.9 Å². The zero-order valence-electron chi connectivity index (χ0n) is 59.9. The number of rotatable bonds is 9. The van der Waals surface area contributed by atoms with E-state index < -0.39 is 0 Å². The molecule has 10 nitrogen and oxygen atoms in total. The maximum Gasteiger partial charge on any atom is 0.166 e. The normalized spacial score (nSPS) is 12.1. The standard InChI is InChI=1S/C102H58N8O2/c1-3-24-61(25-4-1)97-103-99(68-43-42-59-22-7-8-28-63(59)50-68)107-101(105-97)83-56-84-94(58-89(83)109-85-40-19-17-36-75(85)79-51-64-29-9-11-31-66(64)53-87(79)109)112-92-49-47-74-71(38-21-39-77(74)96(84)92)73-45-46-78(72-35-16-15-34-70(72)73)100-104-98(62-26-5-2-6-27-62)106-102(108-100)82-55-80-76-37-18-20-41-91(76)111-93(80)57-90(82)110-86-48-44-60-23-13-14-33-69(60)95(86)81-52-65-30-10-12-32-67(65)54-88(81)110/h1-58H. The Hall–Kier alpha value is -15.3. The molecule has 0 radical (unpaired) electrons. The number of para-hydroxylation sites is 2. The molecular weight excluding hydrogens is 1370 g/mol. The number of hydrogen-bond acceptors (Lipinski definition) is 8. The van der Waals surface area contributed by atoms with Crippen molar-refractivity contribution in [1.29, 1.82) is 0 Å². The van der Waals surface area contributed by atoms with Crippen LogP contribution in [0.15, 0.2) is 361 Å². The number of benzene rings is 18. The first-order chi connectivity index (χ1) is 55.5. The van der Waals surface area contributed by atoms with Gasteiger partial charge in [0.1, 0.15) is 22.3 Å². The van der Waals surface area contributed by atoms with Gasteiger partial charge in [-0.2, -0.15) is 0 Å². The van der Waals surface area contributed by atoms with Crippen molar-refractivity contribution in [2.75, 3.05) is 0 Å². The van der Waals surface area contributed by atoms with Crippen molar-refractivity contribution in [1.82, 2.24) is 39.0 Å². The van der Waals surface area contributed by atoms with Crippen molar-refractivity contribution >= 4 is 152 Å². The second-order valence-electron chi connectivity index (χ2n) is 29.2. The lowest BCUT2D eigenvalue weighted by molar-refractivity contribution is 0.668. The summed E-state index contributed by atoms with van der Waals surface area (Å²) in [6.45, 7) is 0. The van der Waals surface area contributed by atoms with Crippen LogP contribution >= 0.6 is 0 Å². The quantitative estimate of drug-likeness (QED) is 0.140. The zero-order valence-corrected chi connectivity index (χ0v) is 59.9. The summed E-state index contributed by atoms with van der Waals surface area (Å²) < 4.78 is 18.8. The average Bonchev–Trinajstić information content (AvgIpc) is 1.55. The molecule has 10 heteroatoms. The van der Waals surface area contributed by atoms with Gasteiger partial charge in [-0.3, -0.25) is 0 Å². The van der Waals surface area contributed by atoms with Crippen LogP contribution < -0.4 is 0 Å². The number of hydrogen-bond donors (Lipinski definition) is 0. The third-order valence-corrected chi connectivity index (χ3v) is 22.9. The molecule has 0 aliphatic heterocycles. The van der Waals surface area contributed by atoms with Gasteiger partial charge in [0.15, 0.2) is 34.9 Å². The molecule has 6 heterocycles. The summed E-state index contributed by atoms with van der Waals surface area (Å²) >= 11 is 0. The van der Waals surface area contributed by atoms with Crippen molar-refractivity contribution in [3.8, 4) is 90.8 Å². The monoisotopic (exact) mass is 1430 g/mol. The van der Waals surface area contributed by atoms with Gasteiger partial charge in [0.05, 0.1) is 33.4 Å². The minimum Gasteiger partial charge on any atom is -0.456 e. The first kappa shape index (κ1) is 61.8. The molecule has 18 aromatic carbocycles. The smallest absolute Gasteiger partial charge is 0.166 e. The fraction of sp³-hybridized carbons (Fsp3) is 0. The average molecular weight is 1430 g/mol. The van der Waals surface area contributed by atoms with Crippen LogP contribution in [0.1, 0.15) is 0 Å². The summed E-state index contributed by atoms with van der Waals surface area (Å²) in [4.78, 5) is 33.1. The molecule has 0 spiro atoms. The Labute approximate surface area is 638 Å². The molecule has 24 aromatic rings. The van der Waals surface area contributed by atoms with Crippen molar-refractivity contribution in [3.63, 3.8) is 0 Å². The summed E-state index contributed by atoms with van der Waals surface area (Å²) in [5, 5.41) is 21.8. The SMILES string of the molecule is c1ccc(-c2nc(-c3ccc4ccccc4c3)nc(-c3cc4c(cc3-n3c5ccccc5c5cc6ccccc6cc53)oc3ccc5c(-c6ccc(-c7nc(-c8ccccc8)nc(-c8cc9c(cc8-n8c%10cc%11ccccc%11cc%10c%10c%11ccccc%11ccc%108)oc8ccccc89)n7)c7ccccc67)cccc5c34)n2)cc1. The molecule has 0 atom stereocenters. The molecular formula is C102H58N8O2. The van der Waals surface area contributed by atoms with Crippen LogP contribution in [-0.2, 0) is 0 Å². The summed E-state index contributed by atoms with van der Waals surface area (Å²) in [6, 6.07) is 125. The molecule has 0 N–H and O–H groups in total. The molecule has 0 unspecified atom stereocenters. The van der Waals surface area contributed by atoms with E-state index in [1.807, 2.05) is 48.5 Å². The molecule has 518 valence electrons. The Morgan fingerprint density at radius 2 is 0.634 bits per heavy atom. The largest absolute Gasteiger partial charge is 0.456 e. The van der Waals surface area contributed by atoms with Gasteiger partial charge in [-0.05, 0) is 149 Å². The molecule has 112 heavy (non-hydrogen) atoms. The van der Waals surface area contributed by atoms with Crippen LogP contribution in [0.2, 0.25) is 0 Å². The molecule has 6 aromatic heterocycles. The highest BCUT2D eigenvalue weighted by atomic mass is 16.3. The highest BCUT2D eigenvalue weighted by Gasteiger charge is 2.28. The van der Waals surface area contributed by atoms with E-state index in [1.54, 1.807) is 0 Å². The van der Waals surface area contributed by atoms with Crippen molar-refractivity contribution < 1.29 is 8.83 Å². The van der Waals surface area contributed by atoms with Gasteiger partial charge in [0, 0.05) is 88.6 Å². The van der Waals surface area contributed by atoms with Crippen LogP contribution in [0.4, 0.5) is 0 Å². The zero-order chi connectivity index (χ0) is 73.2. The molecule has 0 aliphatic rings. The maximum absolute atomic E-state index is 7.22. The fourth-order valence-electron chi connectivity index (χ4n) is 17.8. The number of aromatic nitrogens is 8. The van der Waals surface area contributed by atoms with E-state index in [2.05, 4.69) is 312 Å². The van der Waals surface area contributed by atoms with Crippen LogP contribution in [-0.4, -0.2) is 39.0 Å². The van der Waals surface area contributed by atoms with Crippen LogP contribution in [0.25, 0.3) is 243 Å². The number of fused-ring (bicyclic) bond motifs is 20. The van der Waals surface area contributed by atoms with E-state index in [-0.39, 0.29) is 0 Å². The molecule has 0 bridgehead atoms. The lowest BCUT2D eigenvalue weighted by atomic mass is 9.90.